The largest absolute Gasteiger partial charge is 0.462 e. The molecular formula is C29H53Cl3O5Si. The van der Waals surface area contributed by atoms with Gasteiger partial charge in [-0.3, -0.25) is 4.79 Å². The maximum Gasteiger partial charge on any atom is 0.359 e. The highest BCUT2D eigenvalue weighted by Gasteiger charge is 2.39. The molecule has 0 amide bonds. The Hall–Kier alpha value is -0.273. The van der Waals surface area contributed by atoms with Crippen molar-refractivity contribution < 1.29 is 23.5 Å². The van der Waals surface area contributed by atoms with Crippen LogP contribution in [0.5, 0.6) is 0 Å². The zero-order chi connectivity index (χ0) is 29.1. The quantitative estimate of drug-likeness (QED) is 0.0423. The summed E-state index contributed by atoms with van der Waals surface area (Å²) >= 11 is 16.9. The maximum absolute atomic E-state index is 12.2. The van der Waals surface area contributed by atoms with Gasteiger partial charge in [-0.2, -0.15) is 0 Å². The number of carbonyl (C=O) groups is 2. The van der Waals surface area contributed by atoms with E-state index in [9.17, 15) is 9.59 Å². The van der Waals surface area contributed by atoms with Crippen molar-refractivity contribution in [2.75, 3.05) is 13.2 Å². The Morgan fingerprint density at radius 1 is 0.789 bits per heavy atom. The minimum atomic E-state index is -2.21. The van der Waals surface area contributed by atoms with Crippen LogP contribution in [0.2, 0.25) is 18.1 Å². The maximum atomic E-state index is 12.2. The average Bonchev–Trinajstić information content (AvgIpc) is 2.81. The lowest BCUT2D eigenvalue weighted by Crippen LogP contribution is -2.44. The van der Waals surface area contributed by atoms with E-state index in [1.807, 2.05) is 0 Å². The fraction of sp³-hybridized carbons (Fsp3) is 0.862. The third-order valence-electron chi connectivity index (χ3n) is 7.01. The van der Waals surface area contributed by atoms with Gasteiger partial charge in [0.05, 0.1) is 6.61 Å². The van der Waals surface area contributed by atoms with Crippen molar-refractivity contribution in [2.24, 2.45) is 0 Å². The molecule has 0 saturated carbocycles. The van der Waals surface area contributed by atoms with Gasteiger partial charge >= 0.3 is 11.9 Å². The Morgan fingerprint density at radius 2 is 1.29 bits per heavy atom. The highest BCUT2D eigenvalue weighted by Crippen LogP contribution is 2.37. The minimum Gasteiger partial charge on any atom is -0.462 e. The van der Waals surface area contributed by atoms with Crippen LogP contribution in [0, 0.1) is 0 Å². The Kier molecular flexibility index (Phi) is 20.4. The van der Waals surface area contributed by atoms with Gasteiger partial charge in [-0.05, 0) is 50.2 Å². The summed E-state index contributed by atoms with van der Waals surface area (Å²) in [6.07, 6.45) is 19.7. The summed E-state index contributed by atoms with van der Waals surface area (Å²) in [5, 5.41) is -0.0305. The van der Waals surface area contributed by atoms with Gasteiger partial charge in [-0.25, -0.2) is 4.79 Å². The van der Waals surface area contributed by atoms with E-state index in [0.29, 0.717) is 6.42 Å². The number of rotatable bonds is 21. The first kappa shape index (κ1) is 37.7. The molecular weight excluding hydrogens is 563 g/mol. The van der Waals surface area contributed by atoms with Gasteiger partial charge in [0.1, 0.15) is 6.61 Å². The molecule has 0 saturated heterocycles. The van der Waals surface area contributed by atoms with Gasteiger partial charge in [-0.15, -0.1) is 0 Å². The molecule has 0 spiro atoms. The molecule has 0 heterocycles. The molecule has 0 unspecified atom stereocenters. The Balaban J connectivity index is 4.15. The molecule has 0 aromatic rings. The molecule has 0 bridgehead atoms. The van der Waals surface area contributed by atoms with Crippen LogP contribution in [-0.4, -0.2) is 43.4 Å². The van der Waals surface area contributed by atoms with E-state index < -0.39 is 24.2 Å². The van der Waals surface area contributed by atoms with Gasteiger partial charge in [0.2, 0.25) is 0 Å². The average molecular weight is 616 g/mol. The number of carbonyl (C=O) groups excluding carboxylic acids is 2. The van der Waals surface area contributed by atoms with E-state index in [-0.39, 0.29) is 24.2 Å². The first-order valence-electron chi connectivity index (χ1n) is 14.4. The molecule has 38 heavy (non-hydrogen) atoms. The second kappa shape index (κ2) is 20.6. The van der Waals surface area contributed by atoms with Crippen LogP contribution in [-0.2, 0) is 23.5 Å². The van der Waals surface area contributed by atoms with Gasteiger partial charge in [-0.1, -0.05) is 126 Å². The van der Waals surface area contributed by atoms with E-state index in [4.69, 9.17) is 48.7 Å². The van der Waals surface area contributed by atoms with E-state index in [1.54, 1.807) is 0 Å². The van der Waals surface area contributed by atoms with Crippen LogP contribution in [0.25, 0.3) is 0 Å². The molecule has 0 rings (SSSR count). The van der Waals surface area contributed by atoms with E-state index >= 15 is 0 Å². The molecule has 0 aliphatic rings. The molecule has 224 valence electrons. The number of ether oxygens (including phenoxy) is 2. The number of allylic oxidation sites excluding steroid dienone is 2. The normalized spacial score (nSPS) is 13.6. The zero-order valence-corrected chi connectivity index (χ0v) is 28.0. The van der Waals surface area contributed by atoms with Crippen LogP contribution in [0.15, 0.2) is 12.2 Å². The fourth-order valence-electron chi connectivity index (χ4n) is 3.45. The van der Waals surface area contributed by atoms with Crippen LogP contribution in [0.1, 0.15) is 118 Å². The number of hydrogen-bond acceptors (Lipinski definition) is 5. The predicted molar refractivity (Wildman–Crippen MR) is 164 cm³/mol. The van der Waals surface area contributed by atoms with Crippen molar-refractivity contribution in [3.05, 3.63) is 12.2 Å². The topological polar surface area (TPSA) is 61.8 Å². The highest BCUT2D eigenvalue weighted by atomic mass is 35.6. The third kappa shape index (κ3) is 19.7. The standard InChI is InChI=1S/C29H53Cl3O5Si/c1-7-8-9-10-11-12-13-14-15-16-17-18-19-20-21-22-26(33)35-23-25(37-27(34)29(30,31)32)24-36-38(5,6)28(2,3)4/h14-15,25H,7-13,16-24H2,1-6H3/b15-14-/t25-/m1/s1. The second-order valence-electron chi connectivity index (χ2n) is 11.6. The van der Waals surface area contributed by atoms with Gasteiger partial charge in [0.25, 0.3) is 3.79 Å². The molecule has 0 aromatic carbocycles. The summed E-state index contributed by atoms with van der Waals surface area (Å²) < 4.78 is 14.6. The van der Waals surface area contributed by atoms with E-state index in [1.165, 1.54) is 51.4 Å². The first-order chi connectivity index (χ1) is 17.7. The van der Waals surface area contributed by atoms with E-state index in [0.717, 1.165) is 32.1 Å². The van der Waals surface area contributed by atoms with Crippen LogP contribution >= 0.6 is 34.8 Å². The monoisotopic (exact) mass is 614 g/mol. The third-order valence-corrected chi connectivity index (χ3v) is 12.0. The zero-order valence-electron chi connectivity index (χ0n) is 24.7. The fourth-order valence-corrected chi connectivity index (χ4v) is 4.62. The number of alkyl halides is 3. The van der Waals surface area contributed by atoms with Crippen molar-refractivity contribution in [1.29, 1.82) is 0 Å². The van der Waals surface area contributed by atoms with Gasteiger partial charge < -0.3 is 13.9 Å². The molecule has 0 aliphatic heterocycles. The Labute approximate surface area is 248 Å². The molecule has 0 aliphatic carbocycles. The Morgan fingerprint density at radius 3 is 1.79 bits per heavy atom. The van der Waals surface area contributed by atoms with Crippen molar-refractivity contribution in [1.82, 2.24) is 0 Å². The van der Waals surface area contributed by atoms with Crippen LogP contribution < -0.4 is 0 Å². The lowest BCUT2D eigenvalue weighted by Gasteiger charge is -2.37. The number of hydrogen-bond donors (Lipinski definition) is 0. The number of unbranched alkanes of at least 4 members (excludes halogenated alkanes) is 11. The van der Waals surface area contributed by atoms with Crippen molar-refractivity contribution in [2.45, 2.75) is 146 Å². The van der Waals surface area contributed by atoms with Crippen LogP contribution in [0.3, 0.4) is 0 Å². The summed E-state index contributed by atoms with van der Waals surface area (Å²) in [6, 6.07) is 0. The summed E-state index contributed by atoms with van der Waals surface area (Å²) in [7, 11) is -2.11. The molecule has 0 radical (unpaired) electrons. The smallest absolute Gasteiger partial charge is 0.359 e. The minimum absolute atomic E-state index is 0.0305. The first-order valence-corrected chi connectivity index (χ1v) is 18.5. The molecule has 5 nitrogen and oxygen atoms in total. The lowest BCUT2D eigenvalue weighted by molar-refractivity contribution is -0.160. The number of halogens is 3. The van der Waals surface area contributed by atoms with Gasteiger partial charge in [0, 0.05) is 6.42 Å². The predicted octanol–water partition coefficient (Wildman–Crippen LogP) is 9.87. The van der Waals surface area contributed by atoms with Crippen molar-refractivity contribution in [3.8, 4) is 0 Å². The second-order valence-corrected chi connectivity index (χ2v) is 18.7. The van der Waals surface area contributed by atoms with E-state index in [2.05, 4.69) is 52.9 Å². The summed E-state index contributed by atoms with van der Waals surface area (Å²) in [5.41, 5.74) is 0. The molecule has 0 fully saturated rings. The molecule has 0 aromatic heterocycles. The van der Waals surface area contributed by atoms with Crippen LogP contribution in [0.4, 0.5) is 0 Å². The highest BCUT2D eigenvalue weighted by molar-refractivity contribution is 6.75. The summed E-state index contributed by atoms with van der Waals surface area (Å²) in [6.45, 7) is 12.7. The SMILES string of the molecule is CCCCCCCC/C=C\CCCCCCCC(=O)OC[C@H](CO[Si](C)(C)C(C)(C)C)OC(=O)C(Cl)(Cl)Cl. The Bertz CT molecular complexity index is 672. The molecule has 1 atom stereocenters. The molecule has 0 N–H and O–H groups in total. The van der Waals surface area contributed by atoms with Crippen molar-refractivity contribution >= 4 is 55.1 Å². The van der Waals surface area contributed by atoms with Gasteiger partial charge in [0.15, 0.2) is 14.4 Å². The summed E-state index contributed by atoms with van der Waals surface area (Å²) in [4.78, 5) is 24.3. The lowest BCUT2D eigenvalue weighted by atomic mass is 10.1. The van der Waals surface area contributed by atoms with Crippen molar-refractivity contribution in [3.63, 3.8) is 0 Å². The summed E-state index contributed by atoms with van der Waals surface area (Å²) in [5.74, 6) is -1.34. The molecule has 9 heteroatoms. The number of esters is 2.